The molecule has 0 radical (unpaired) electrons. The Balaban J connectivity index is 1.08. The lowest BCUT2D eigenvalue weighted by molar-refractivity contribution is 0.668. The smallest absolute Gasteiger partial charge is 0.160 e. The van der Waals surface area contributed by atoms with Crippen molar-refractivity contribution in [2.24, 2.45) is 9.98 Å². The summed E-state index contributed by atoms with van der Waals surface area (Å²) in [6, 6.07) is 67.0. The zero-order valence-corrected chi connectivity index (χ0v) is 32.0. The molecule has 0 spiro atoms. The zero-order chi connectivity index (χ0) is 38.2. The molecule has 1 aliphatic rings. The summed E-state index contributed by atoms with van der Waals surface area (Å²) in [6.45, 7) is 0. The monoisotopic (exact) mass is 759 g/mol. The van der Waals surface area contributed by atoms with E-state index < -0.39 is 6.17 Å². The maximum atomic E-state index is 6.53. The molecule has 0 saturated carbocycles. The second-order valence-electron chi connectivity index (χ2n) is 15.0. The number of benzene rings is 9. The van der Waals surface area contributed by atoms with Crippen LogP contribution in [-0.4, -0.2) is 11.7 Å². The number of furan rings is 1. The Morgan fingerprint density at radius 2 is 1.16 bits per heavy atom. The van der Waals surface area contributed by atoms with Crippen LogP contribution in [0.15, 0.2) is 202 Å². The van der Waals surface area contributed by atoms with E-state index in [1.54, 1.807) is 0 Å². The van der Waals surface area contributed by atoms with Crippen molar-refractivity contribution >= 4 is 86.7 Å². The number of fused-ring (bicyclic) bond motifs is 8. The van der Waals surface area contributed by atoms with Gasteiger partial charge < -0.3 is 9.73 Å². The highest BCUT2D eigenvalue weighted by Gasteiger charge is 2.27. The van der Waals surface area contributed by atoms with E-state index in [4.69, 9.17) is 14.4 Å². The van der Waals surface area contributed by atoms with Gasteiger partial charge in [0, 0.05) is 42.1 Å². The van der Waals surface area contributed by atoms with E-state index in [9.17, 15) is 0 Å². The van der Waals surface area contributed by atoms with Crippen molar-refractivity contribution in [1.82, 2.24) is 5.32 Å². The fraction of sp³-hybridized carbons (Fsp3) is 0.0189. The molecule has 5 heteroatoms. The molecule has 12 rings (SSSR count). The van der Waals surface area contributed by atoms with Crippen LogP contribution in [-0.2, 0) is 0 Å². The molecule has 11 aromatic rings. The van der Waals surface area contributed by atoms with Crippen LogP contribution in [0.4, 0.5) is 0 Å². The van der Waals surface area contributed by atoms with E-state index >= 15 is 0 Å². The van der Waals surface area contributed by atoms with Crippen molar-refractivity contribution in [3.8, 4) is 22.3 Å². The zero-order valence-electron chi connectivity index (χ0n) is 31.2. The Morgan fingerprint density at radius 1 is 0.466 bits per heavy atom. The summed E-state index contributed by atoms with van der Waals surface area (Å²) < 4.78 is 9.06. The Hall–Kier alpha value is -7.34. The fourth-order valence-electron chi connectivity index (χ4n) is 8.64. The predicted octanol–water partition coefficient (Wildman–Crippen LogP) is 14.1. The molecule has 1 atom stereocenters. The van der Waals surface area contributed by atoms with Gasteiger partial charge in [-0.05, 0) is 97.9 Å². The van der Waals surface area contributed by atoms with Gasteiger partial charge in [-0.25, -0.2) is 9.98 Å². The lowest BCUT2D eigenvalue weighted by atomic mass is 9.93. The average Bonchev–Trinajstić information content (AvgIpc) is 3.86. The first-order valence-corrected chi connectivity index (χ1v) is 20.4. The molecule has 0 amide bonds. The average molecular weight is 760 g/mol. The van der Waals surface area contributed by atoms with Crippen molar-refractivity contribution in [3.05, 3.63) is 205 Å². The number of hydrogen-bond donors (Lipinski definition) is 1. The van der Waals surface area contributed by atoms with Crippen molar-refractivity contribution in [3.63, 3.8) is 0 Å². The summed E-state index contributed by atoms with van der Waals surface area (Å²) in [6.07, 6.45) is -0.394. The van der Waals surface area contributed by atoms with E-state index in [1.807, 2.05) is 23.5 Å². The molecule has 9 aromatic carbocycles. The second-order valence-corrected chi connectivity index (χ2v) is 16.1. The molecule has 0 fully saturated rings. The molecular weight excluding hydrogens is 727 g/mol. The number of aliphatic imine (C=N–C) groups is 2. The van der Waals surface area contributed by atoms with Crippen molar-refractivity contribution in [2.45, 2.75) is 6.17 Å². The van der Waals surface area contributed by atoms with Crippen LogP contribution in [0.3, 0.4) is 0 Å². The summed E-state index contributed by atoms with van der Waals surface area (Å²) in [4.78, 5) is 11.0. The van der Waals surface area contributed by atoms with E-state index in [0.29, 0.717) is 5.84 Å². The minimum atomic E-state index is -0.394. The summed E-state index contributed by atoms with van der Waals surface area (Å²) in [5.74, 6) is 1.43. The molecule has 1 unspecified atom stereocenters. The van der Waals surface area contributed by atoms with Gasteiger partial charge in [-0.1, -0.05) is 140 Å². The first-order chi connectivity index (χ1) is 28.7. The van der Waals surface area contributed by atoms with Gasteiger partial charge in [0.2, 0.25) is 0 Å². The first-order valence-electron chi connectivity index (χ1n) is 19.6. The third-order valence-electron chi connectivity index (χ3n) is 11.5. The van der Waals surface area contributed by atoms with Crippen LogP contribution < -0.4 is 5.32 Å². The maximum absolute atomic E-state index is 6.53. The van der Waals surface area contributed by atoms with Gasteiger partial charge in [0.1, 0.15) is 23.2 Å². The topological polar surface area (TPSA) is 49.9 Å². The lowest BCUT2D eigenvalue weighted by Crippen LogP contribution is -2.33. The molecule has 272 valence electrons. The van der Waals surface area contributed by atoms with Gasteiger partial charge in [0.15, 0.2) is 5.84 Å². The van der Waals surface area contributed by atoms with Gasteiger partial charge in [-0.2, -0.15) is 0 Å². The molecule has 0 bridgehead atoms. The van der Waals surface area contributed by atoms with Crippen LogP contribution in [0, 0.1) is 0 Å². The minimum Gasteiger partial charge on any atom is -0.456 e. The van der Waals surface area contributed by atoms with Gasteiger partial charge in [0.05, 0.1) is 0 Å². The van der Waals surface area contributed by atoms with Crippen molar-refractivity contribution in [2.75, 3.05) is 0 Å². The largest absolute Gasteiger partial charge is 0.456 e. The molecule has 1 aliphatic heterocycles. The second kappa shape index (κ2) is 13.1. The van der Waals surface area contributed by atoms with Gasteiger partial charge in [-0.15, -0.1) is 11.3 Å². The van der Waals surface area contributed by atoms with Crippen LogP contribution >= 0.6 is 11.3 Å². The third-order valence-corrected chi connectivity index (χ3v) is 12.6. The van der Waals surface area contributed by atoms with Gasteiger partial charge in [-0.3, -0.25) is 0 Å². The van der Waals surface area contributed by atoms with Crippen molar-refractivity contribution in [1.29, 1.82) is 0 Å². The van der Waals surface area contributed by atoms with Crippen LogP contribution in [0.2, 0.25) is 0 Å². The van der Waals surface area contributed by atoms with Crippen LogP contribution in [0.1, 0.15) is 22.9 Å². The van der Waals surface area contributed by atoms with E-state index in [0.717, 1.165) is 61.0 Å². The number of hydrogen-bond acceptors (Lipinski definition) is 5. The van der Waals surface area contributed by atoms with Gasteiger partial charge in [0.25, 0.3) is 0 Å². The molecule has 1 N–H and O–H groups in total. The van der Waals surface area contributed by atoms with E-state index in [2.05, 4.69) is 181 Å². The molecule has 0 aliphatic carbocycles. The maximum Gasteiger partial charge on any atom is 0.160 e. The lowest BCUT2D eigenvalue weighted by Gasteiger charge is -2.25. The fourth-order valence-corrected chi connectivity index (χ4v) is 9.79. The molecule has 0 saturated heterocycles. The number of para-hydroxylation sites is 1. The Morgan fingerprint density at radius 3 is 2.05 bits per heavy atom. The highest BCUT2D eigenvalue weighted by Crippen LogP contribution is 2.42. The standard InChI is InChI=1S/C53H33N3OS/c1-2-10-32(11-3-1)35-19-20-37-30-40(23-21-36(37)28-35)52-54-51(39-22-18-33-12-4-5-13-34(33)29-39)55-53(56-52)50-41(26-27-46-49(50)44-15-6-8-16-45(44)57-46)38-24-25-43-42-14-7-9-17-47(42)58-48(43)31-38/h1-31,51H,(H,54,55,56). The molecule has 58 heavy (non-hydrogen) atoms. The van der Waals surface area contributed by atoms with Crippen LogP contribution in [0.25, 0.3) is 85.9 Å². The summed E-state index contributed by atoms with van der Waals surface area (Å²) in [5, 5.41) is 13.1. The predicted molar refractivity (Wildman–Crippen MR) is 244 cm³/mol. The van der Waals surface area contributed by atoms with E-state index in [1.165, 1.54) is 47.5 Å². The highest BCUT2D eigenvalue weighted by atomic mass is 32.1. The molecule has 3 heterocycles. The minimum absolute atomic E-state index is 0.394. The van der Waals surface area contributed by atoms with Crippen molar-refractivity contribution < 1.29 is 4.42 Å². The first kappa shape index (κ1) is 32.9. The summed E-state index contributed by atoms with van der Waals surface area (Å²) in [5.41, 5.74) is 9.24. The SMILES string of the molecule is c1ccc(-c2ccc3cc(C4=NC(c5c(-c6ccc7c(c6)sc6ccccc67)ccc6oc7ccccc7c56)=NC(c5ccc6ccccc6c5)N4)ccc3c2)cc1. The van der Waals surface area contributed by atoms with Gasteiger partial charge >= 0.3 is 0 Å². The number of rotatable bonds is 5. The summed E-state index contributed by atoms with van der Waals surface area (Å²) in [7, 11) is 0. The Labute approximate surface area is 338 Å². The number of nitrogens with one attached hydrogen (secondary N) is 1. The summed E-state index contributed by atoms with van der Waals surface area (Å²) >= 11 is 1.83. The van der Waals surface area contributed by atoms with E-state index in [-0.39, 0.29) is 0 Å². The third kappa shape index (κ3) is 5.43. The Bertz CT molecular complexity index is 3500. The normalized spacial score (nSPS) is 14.4. The number of amidine groups is 2. The molecular formula is C53H33N3OS. The Kier molecular flexibility index (Phi) is 7.43. The number of thiophene rings is 1. The quantitative estimate of drug-likeness (QED) is 0.190. The molecule has 4 nitrogen and oxygen atoms in total. The van der Waals surface area contributed by atoms with Crippen LogP contribution in [0.5, 0.6) is 0 Å². The molecule has 2 aromatic heterocycles. The number of nitrogens with zero attached hydrogens (tertiary/aromatic N) is 2. The highest BCUT2D eigenvalue weighted by molar-refractivity contribution is 7.25.